The third-order valence-corrected chi connectivity index (χ3v) is 2.05. The van der Waals surface area contributed by atoms with Crippen molar-refractivity contribution in [2.24, 2.45) is 5.73 Å². The van der Waals surface area contributed by atoms with E-state index in [9.17, 15) is 4.79 Å². The molecule has 1 aromatic rings. The minimum Gasteiger partial charge on any atom is -0.480 e. The van der Waals surface area contributed by atoms with Crippen LogP contribution in [0.2, 0.25) is 0 Å². The Morgan fingerprint density at radius 1 is 1.36 bits per heavy atom. The maximum absolute atomic E-state index is 10.6. The number of aliphatic carboxylic acids is 1. The summed E-state index contributed by atoms with van der Waals surface area (Å²) in [4.78, 5) is 10.6. The average Bonchev–Trinajstić information content (AvgIpc) is 2.18. The molecule has 5 heteroatoms. The summed E-state index contributed by atoms with van der Waals surface area (Å²) in [7, 11) is 11.3. The molecule has 1 rings (SSSR count). The van der Waals surface area contributed by atoms with Gasteiger partial charge in [0, 0.05) is 0 Å². The van der Waals surface area contributed by atoms with Crippen molar-refractivity contribution in [1.82, 2.24) is 0 Å². The van der Waals surface area contributed by atoms with Crippen molar-refractivity contribution in [2.45, 2.75) is 11.3 Å². The van der Waals surface area contributed by atoms with Crippen molar-refractivity contribution >= 4 is 21.7 Å². The van der Waals surface area contributed by atoms with Crippen LogP contribution in [0.1, 0.15) is 5.56 Å². The van der Waals surface area contributed by atoms with E-state index in [1.165, 1.54) is 0 Å². The molecule has 0 saturated heterocycles. The fraction of sp³-hybridized carbons (Fsp3) is 0.222. The Balaban J connectivity index is 3.02. The van der Waals surface area contributed by atoms with Crippen LogP contribution in [0.25, 0.3) is 0 Å². The van der Waals surface area contributed by atoms with Gasteiger partial charge in [0.1, 0.15) is 0 Å². The van der Waals surface area contributed by atoms with Crippen LogP contribution >= 0.6 is 0 Å². The van der Waals surface area contributed by atoms with Gasteiger partial charge in [-0.15, -0.1) is 0 Å². The SMILES string of the molecule is [B]C([B])(c1ccccc1)C(N)C(=O)O. The summed E-state index contributed by atoms with van der Waals surface area (Å²) in [5.74, 6) is -1.22. The average molecular weight is 185 g/mol. The van der Waals surface area contributed by atoms with E-state index in [-0.39, 0.29) is 0 Å². The van der Waals surface area contributed by atoms with E-state index in [1.54, 1.807) is 30.3 Å². The zero-order valence-corrected chi connectivity index (χ0v) is 7.55. The van der Waals surface area contributed by atoms with E-state index in [2.05, 4.69) is 0 Å². The summed E-state index contributed by atoms with van der Waals surface area (Å²) < 4.78 is 0. The second-order valence-corrected chi connectivity index (χ2v) is 3.11. The van der Waals surface area contributed by atoms with Crippen molar-refractivity contribution in [3.05, 3.63) is 35.9 Å². The van der Waals surface area contributed by atoms with Gasteiger partial charge in [0.05, 0.1) is 21.7 Å². The lowest BCUT2D eigenvalue weighted by atomic mass is 9.47. The van der Waals surface area contributed by atoms with Gasteiger partial charge < -0.3 is 10.8 Å². The third kappa shape index (κ3) is 1.99. The number of hydrogen-bond donors (Lipinski definition) is 2. The molecule has 1 atom stereocenters. The van der Waals surface area contributed by atoms with Crippen LogP contribution in [0.5, 0.6) is 0 Å². The van der Waals surface area contributed by atoms with Crippen molar-refractivity contribution in [3.8, 4) is 0 Å². The van der Waals surface area contributed by atoms with Crippen LogP contribution < -0.4 is 5.73 Å². The Hall–Kier alpha value is -1.22. The normalized spacial score (nSPS) is 13.5. The highest BCUT2D eigenvalue weighted by Crippen LogP contribution is 2.19. The van der Waals surface area contributed by atoms with Crippen molar-refractivity contribution in [3.63, 3.8) is 0 Å². The number of benzene rings is 1. The molecule has 3 N–H and O–H groups in total. The lowest BCUT2D eigenvalue weighted by molar-refractivity contribution is -0.138. The lowest BCUT2D eigenvalue weighted by Crippen LogP contribution is -2.51. The predicted molar refractivity (Wildman–Crippen MR) is 55.2 cm³/mol. The third-order valence-electron chi connectivity index (χ3n) is 2.05. The van der Waals surface area contributed by atoms with Crippen LogP contribution in [0.4, 0.5) is 0 Å². The van der Waals surface area contributed by atoms with E-state index < -0.39 is 17.2 Å². The fourth-order valence-corrected chi connectivity index (χ4v) is 1.11. The molecule has 0 bridgehead atoms. The fourth-order valence-electron chi connectivity index (χ4n) is 1.11. The van der Waals surface area contributed by atoms with Gasteiger partial charge in [-0.2, -0.15) is 0 Å². The first kappa shape index (κ1) is 10.9. The van der Waals surface area contributed by atoms with E-state index in [4.69, 9.17) is 26.5 Å². The first-order valence-electron chi connectivity index (χ1n) is 4.08. The van der Waals surface area contributed by atoms with E-state index in [0.29, 0.717) is 5.56 Å². The summed E-state index contributed by atoms with van der Waals surface area (Å²) in [6.07, 6.45) is 0. The van der Waals surface area contributed by atoms with Gasteiger partial charge >= 0.3 is 5.97 Å². The second kappa shape index (κ2) is 3.88. The summed E-state index contributed by atoms with van der Waals surface area (Å²) >= 11 is 0. The summed E-state index contributed by atoms with van der Waals surface area (Å²) in [5, 5.41) is 7.15. The van der Waals surface area contributed by atoms with E-state index in [0.717, 1.165) is 0 Å². The number of carbonyl (C=O) groups is 1. The maximum Gasteiger partial charge on any atom is 0.319 e. The molecule has 0 aliphatic rings. The summed E-state index contributed by atoms with van der Waals surface area (Å²) in [6, 6.07) is 7.18. The number of nitrogens with two attached hydrogens (primary N) is 1. The standard InChI is InChI=1S/C9H9B2NO2/c10-9(11,7(12)8(13)14)6-4-2-1-3-5-6/h1-5,7H,12H2,(H,13,14). The molecular formula is C9H9B2NO2. The summed E-state index contributed by atoms with van der Waals surface area (Å²) in [5.41, 5.74) is 5.87. The highest BCUT2D eigenvalue weighted by molar-refractivity contribution is 6.42. The van der Waals surface area contributed by atoms with Gasteiger partial charge in [-0.3, -0.25) is 4.79 Å². The van der Waals surface area contributed by atoms with Crippen LogP contribution in [-0.2, 0) is 10.0 Å². The van der Waals surface area contributed by atoms with Gasteiger partial charge in [-0.1, -0.05) is 41.1 Å². The molecule has 0 saturated carbocycles. The Labute approximate surface area is 85.1 Å². The highest BCUT2D eigenvalue weighted by atomic mass is 16.4. The molecule has 0 spiro atoms. The molecule has 0 heterocycles. The molecule has 68 valence electrons. The second-order valence-electron chi connectivity index (χ2n) is 3.11. The molecule has 0 aliphatic heterocycles. The molecule has 0 aromatic heterocycles. The molecule has 0 amide bonds. The molecule has 1 unspecified atom stereocenters. The van der Waals surface area contributed by atoms with Gasteiger partial charge in [-0.05, 0) is 0 Å². The minimum absolute atomic E-state index is 0.495. The number of carboxylic acids is 1. The topological polar surface area (TPSA) is 63.3 Å². The van der Waals surface area contributed by atoms with Crippen LogP contribution in [0.3, 0.4) is 0 Å². The van der Waals surface area contributed by atoms with Crippen molar-refractivity contribution < 1.29 is 9.90 Å². The van der Waals surface area contributed by atoms with Gasteiger partial charge in [-0.25, -0.2) is 0 Å². The number of rotatable bonds is 3. The maximum atomic E-state index is 10.6. The van der Waals surface area contributed by atoms with Crippen molar-refractivity contribution in [1.29, 1.82) is 0 Å². The first-order valence-corrected chi connectivity index (χ1v) is 4.08. The van der Waals surface area contributed by atoms with Crippen molar-refractivity contribution in [2.75, 3.05) is 0 Å². The summed E-state index contributed by atoms with van der Waals surface area (Å²) in [6.45, 7) is 0. The lowest BCUT2D eigenvalue weighted by Gasteiger charge is -2.30. The quantitative estimate of drug-likeness (QED) is 0.628. The first-order chi connectivity index (χ1) is 6.46. The zero-order chi connectivity index (χ0) is 10.8. The Morgan fingerprint density at radius 2 is 1.86 bits per heavy atom. The van der Waals surface area contributed by atoms with Crippen LogP contribution in [0, 0.1) is 0 Å². The van der Waals surface area contributed by atoms with Crippen LogP contribution in [0.15, 0.2) is 30.3 Å². The largest absolute Gasteiger partial charge is 0.480 e. The monoisotopic (exact) mass is 185 g/mol. The number of carboxylic acid groups (broad SMARTS) is 1. The van der Waals surface area contributed by atoms with E-state index in [1.807, 2.05) is 0 Å². The van der Waals surface area contributed by atoms with Crippen LogP contribution in [-0.4, -0.2) is 32.8 Å². The smallest absolute Gasteiger partial charge is 0.319 e. The van der Waals surface area contributed by atoms with Gasteiger partial charge in [0.2, 0.25) is 0 Å². The predicted octanol–water partition coefficient (Wildman–Crippen LogP) is -0.412. The molecule has 14 heavy (non-hydrogen) atoms. The molecule has 0 fully saturated rings. The highest BCUT2D eigenvalue weighted by Gasteiger charge is 2.32. The Bertz CT molecular complexity index is 327. The molecule has 3 nitrogen and oxygen atoms in total. The molecule has 0 aliphatic carbocycles. The van der Waals surface area contributed by atoms with Gasteiger partial charge in [0.15, 0.2) is 0 Å². The molecule has 1 aromatic carbocycles. The Kier molecular flexibility index (Phi) is 3.01. The van der Waals surface area contributed by atoms with E-state index >= 15 is 0 Å². The number of hydrogen-bond acceptors (Lipinski definition) is 2. The Morgan fingerprint density at radius 3 is 2.29 bits per heavy atom. The molecule has 4 radical (unpaired) electrons. The zero-order valence-electron chi connectivity index (χ0n) is 7.55. The molecular weight excluding hydrogens is 176 g/mol. The minimum atomic E-state index is -1.55. The van der Waals surface area contributed by atoms with Gasteiger partial charge in [0.25, 0.3) is 0 Å².